The molecule has 4 amide bonds. The summed E-state index contributed by atoms with van der Waals surface area (Å²) in [6.07, 6.45) is -2.30. The molecule has 2 aromatic carbocycles. The number of halogens is 4. The predicted octanol–water partition coefficient (Wildman–Crippen LogP) is 6.78. The second-order valence-electron chi connectivity index (χ2n) is 13.2. The number of hydrogen-bond acceptors (Lipinski definition) is 12. The molecule has 2 fully saturated rings. The zero-order valence-corrected chi connectivity index (χ0v) is 36.2. The number of carbonyl (C=O) groups excluding carboxylic acids is 4. The maximum absolute atomic E-state index is 14.8. The third kappa shape index (κ3) is 12.6. The second-order valence-corrected chi connectivity index (χ2v) is 16.6. The quantitative estimate of drug-likeness (QED) is 0.0833. The first kappa shape index (κ1) is 46.7. The lowest BCUT2D eigenvalue weighted by molar-refractivity contribution is 0.0915. The topological polar surface area (TPSA) is 175 Å². The van der Waals surface area contributed by atoms with Crippen LogP contribution in [0.25, 0.3) is 4.85 Å². The van der Waals surface area contributed by atoms with Gasteiger partial charge in [-0.15, -0.1) is 22.7 Å². The number of thiophene rings is 2. The van der Waals surface area contributed by atoms with Gasteiger partial charge in [0.2, 0.25) is 5.69 Å². The average molecular weight is 919 g/mol. The van der Waals surface area contributed by atoms with Gasteiger partial charge in [-0.05, 0) is 68.1 Å². The second kappa shape index (κ2) is 22.5. The zero-order valence-electron chi connectivity index (χ0n) is 33.1. The first-order valence-corrected chi connectivity index (χ1v) is 21.4. The van der Waals surface area contributed by atoms with Crippen molar-refractivity contribution < 1.29 is 37.4 Å². The summed E-state index contributed by atoms with van der Waals surface area (Å²) in [5.41, 5.74) is 6.16. The molecule has 0 aliphatic carbocycles. The van der Waals surface area contributed by atoms with Crippen molar-refractivity contribution in [3.05, 3.63) is 108 Å². The van der Waals surface area contributed by atoms with E-state index in [9.17, 15) is 28.0 Å². The van der Waals surface area contributed by atoms with Crippen LogP contribution in [0, 0.1) is 18.2 Å². The van der Waals surface area contributed by atoms with Crippen LogP contribution >= 0.6 is 45.9 Å². The number of nitrogens with one attached hydrogen (secondary N) is 3. The number of amides is 4. The number of anilines is 2. The molecule has 3 aliphatic rings. The highest BCUT2D eigenvalue weighted by molar-refractivity contribution is 7.18. The third-order valence-electron chi connectivity index (χ3n) is 9.08. The molecular formula is C40H43Cl2F2N9O6S2. The fourth-order valence-corrected chi connectivity index (χ4v) is 7.99. The minimum absolute atomic E-state index is 0.116. The van der Waals surface area contributed by atoms with Crippen molar-refractivity contribution in [3.8, 4) is 0 Å². The lowest BCUT2D eigenvalue weighted by Gasteiger charge is -2.19. The number of hydrogen-bond donors (Lipinski definition) is 4. The molecule has 15 nitrogen and oxygen atoms in total. The standard InChI is InChI=1S/C20H20ClFN4O3S.C16H11ClFN3O3S.C4H12N2/c1-2-25-8-7-23-18(25)14-4-3-12(9-15(14)22)26-11-13(29-20(26)28)10-24-19(27)16-5-6-17(21)30-16;1-19-12-3-2-9(6-11(12)18)21-8-10(24-16(21)23)7-20-15(22)13-4-5-14(17)25-13;1-2-6-4-3-5/h3-6,9,13H,2,7-8,10-11H2,1H3,(H,24,27);2-6,10H,7-8H2,(H,20,22);6H,2-5H2,1H3/t13-;10-;/m00./s1. The molecule has 3 aliphatic heterocycles. The lowest BCUT2D eigenvalue weighted by Crippen LogP contribution is -2.34. The molecule has 61 heavy (non-hydrogen) atoms. The summed E-state index contributed by atoms with van der Waals surface area (Å²) in [5.74, 6) is -1.09. The molecule has 0 saturated carbocycles. The summed E-state index contributed by atoms with van der Waals surface area (Å²) >= 11 is 13.9. The number of likely N-dealkylation sites (N-methyl/N-ethyl adjacent to an activating group) is 2. The number of nitrogens with two attached hydrogens (primary N) is 1. The van der Waals surface area contributed by atoms with Gasteiger partial charge < -0.3 is 36.1 Å². The molecule has 2 saturated heterocycles. The van der Waals surface area contributed by atoms with Crippen LogP contribution in [-0.2, 0) is 9.47 Å². The largest absolute Gasteiger partial charge is 0.442 e. The van der Waals surface area contributed by atoms with E-state index in [1.807, 2.05) is 11.8 Å². The molecule has 4 aromatic rings. The van der Waals surface area contributed by atoms with Crippen LogP contribution in [0.3, 0.4) is 0 Å². The minimum atomic E-state index is -0.702. The van der Waals surface area contributed by atoms with E-state index in [0.29, 0.717) is 47.7 Å². The number of amidine groups is 1. The summed E-state index contributed by atoms with van der Waals surface area (Å²) in [6.45, 7) is 16.4. The minimum Gasteiger partial charge on any atom is -0.442 e. The predicted molar refractivity (Wildman–Crippen MR) is 234 cm³/mol. The van der Waals surface area contributed by atoms with Gasteiger partial charge in [0.25, 0.3) is 11.8 Å². The molecule has 5 heterocycles. The van der Waals surface area contributed by atoms with Crippen molar-refractivity contribution in [2.45, 2.75) is 26.1 Å². The molecule has 0 unspecified atom stereocenters. The molecule has 324 valence electrons. The van der Waals surface area contributed by atoms with Crippen molar-refractivity contribution in [2.24, 2.45) is 10.7 Å². The smallest absolute Gasteiger partial charge is 0.414 e. The van der Waals surface area contributed by atoms with Crippen molar-refractivity contribution in [1.82, 2.24) is 20.9 Å². The van der Waals surface area contributed by atoms with Crippen LogP contribution < -0.4 is 31.5 Å². The van der Waals surface area contributed by atoms with Gasteiger partial charge in [0.05, 0.1) is 69.0 Å². The zero-order chi connectivity index (χ0) is 44.1. The highest BCUT2D eigenvalue weighted by Crippen LogP contribution is 2.29. The summed E-state index contributed by atoms with van der Waals surface area (Å²) in [6, 6.07) is 15.1. The lowest BCUT2D eigenvalue weighted by atomic mass is 10.1. The fourth-order valence-electron chi connectivity index (χ4n) is 6.07. The summed E-state index contributed by atoms with van der Waals surface area (Å²) < 4.78 is 40.0. The SMILES string of the molecule is CCN1CCN=C1c1ccc(N2C[C@H](CNC(=O)c3ccc(Cl)s3)OC2=O)cc1F.CCNCCN.[C-]#[N+]c1ccc(N2C[C@H](CNC(=O)c3ccc(Cl)s3)OC2=O)cc1F. The number of nitrogens with zero attached hydrogens (tertiary/aromatic N) is 5. The van der Waals surface area contributed by atoms with Crippen molar-refractivity contribution in [3.63, 3.8) is 0 Å². The Hall–Kier alpha value is -5.36. The van der Waals surface area contributed by atoms with Crippen LogP contribution in [0.2, 0.25) is 8.67 Å². The summed E-state index contributed by atoms with van der Waals surface area (Å²) in [4.78, 5) is 61.3. The van der Waals surface area contributed by atoms with Crippen LogP contribution in [0.1, 0.15) is 38.8 Å². The average Bonchev–Trinajstić information content (AvgIpc) is 4.11. The monoisotopic (exact) mass is 917 g/mol. The van der Waals surface area contributed by atoms with E-state index in [1.165, 1.54) is 39.3 Å². The van der Waals surface area contributed by atoms with Gasteiger partial charge in [0, 0.05) is 31.9 Å². The third-order valence-corrected chi connectivity index (χ3v) is 11.5. The molecule has 0 radical (unpaired) electrons. The number of rotatable bonds is 13. The van der Waals surface area contributed by atoms with Gasteiger partial charge in [-0.3, -0.25) is 24.4 Å². The van der Waals surface area contributed by atoms with E-state index < -0.39 is 36.0 Å². The van der Waals surface area contributed by atoms with Gasteiger partial charge in [0.15, 0.2) is 0 Å². The molecular weight excluding hydrogens is 876 g/mol. The van der Waals surface area contributed by atoms with Gasteiger partial charge >= 0.3 is 12.2 Å². The maximum atomic E-state index is 14.8. The number of ether oxygens (including phenoxy) is 2. The molecule has 0 spiro atoms. The molecule has 7 rings (SSSR count). The van der Waals surface area contributed by atoms with Crippen molar-refractivity contribution in [1.29, 1.82) is 0 Å². The van der Waals surface area contributed by atoms with E-state index in [0.717, 1.165) is 50.1 Å². The fraction of sp³-hybridized carbons (Fsp3) is 0.350. The van der Waals surface area contributed by atoms with E-state index in [4.69, 9.17) is 45.0 Å². The van der Waals surface area contributed by atoms with Gasteiger partial charge in [-0.1, -0.05) is 36.2 Å². The molecule has 2 aromatic heterocycles. The summed E-state index contributed by atoms with van der Waals surface area (Å²) in [7, 11) is 0. The Morgan fingerprint density at radius 2 is 1.41 bits per heavy atom. The Morgan fingerprint density at radius 3 is 1.84 bits per heavy atom. The summed E-state index contributed by atoms with van der Waals surface area (Å²) in [5, 5.41) is 8.47. The van der Waals surface area contributed by atoms with Gasteiger partial charge in [-0.25, -0.2) is 23.2 Å². The van der Waals surface area contributed by atoms with Crippen LogP contribution in [-0.4, -0.2) is 112 Å². The molecule has 21 heteroatoms. The van der Waals surface area contributed by atoms with Crippen molar-refractivity contribution >= 4 is 92.8 Å². The molecule has 5 N–H and O–H groups in total. The Labute approximate surface area is 369 Å². The van der Waals surface area contributed by atoms with Crippen molar-refractivity contribution in [2.75, 3.05) is 75.2 Å². The van der Waals surface area contributed by atoms with Gasteiger partial charge in [0.1, 0.15) is 29.7 Å². The number of aliphatic imine (C=N–C) groups is 1. The number of carbonyl (C=O) groups is 4. The highest BCUT2D eigenvalue weighted by Gasteiger charge is 2.34. The number of cyclic esters (lactones) is 2. The maximum Gasteiger partial charge on any atom is 0.414 e. The van der Waals surface area contributed by atoms with Crippen LogP contribution in [0.5, 0.6) is 0 Å². The van der Waals surface area contributed by atoms with Gasteiger partial charge in [-0.2, -0.15) is 0 Å². The normalized spacial score (nSPS) is 16.8. The van der Waals surface area contributed by atoms with E-state index in [1.54, 1.807) is 36.4 Å². The van der Waals surface area contributed by atoms with Crippen LogP contribution in [0.4, 0.5) is 35.4 Å². The Bertz CT molecular complexity index is 2270. The Morgan fingerprint density at radius 1 is 0.869 bits per heavy atom. The Kier molecular flexibility index (Phi) is 17.2. The van der Waals surface area contributed by atoms with E-state index in [2.05, 4.69) is 32.7 Å². The highest BCUT2D eigenvalue weighted by atomic mass is 35.5. The van der Waals surface area contributed by atoms with Crippen LogP contribution in [0.15, 0.2) is 65.7 Å². The first-order chi connectivity index (χ1) is 29.3. The van der Waals surface area contributed by atoms with E-state index >= 15 is 0 Å². The van der Waals surface area contributed by atoms with E-state index in [-0.39, 0.29) is 43.7 Å². The first-order valence-electron chi connectivity index (χ1n) is 19.1. The number of benzene rings is 2. The molecule has 2 atom stereocenters. The Balaban J connectivity index is 0.000000206. The molecule has 0 bridgehead atoms.